The van der Waals surface area contributed by atoms with E-state index < -0.39 is 0 Å². The third-order valence-corrected chi connectivity index (χ3v) is 5.27. The largest absolute Gasteiger partial charge is 0.352 e. The molecule has 0 aliphatic heterocycles. The first-order chi connectivity index (χ1) is 9.08. The molecule has 0 bridgehead atoms. The van der Waals surface area contributed by atoms with Crippen molar-refractivity contribution in [3.05, 3.63) is 33.8 Å². The van der Waals surface area contributed by atoms with Crippen LogP contribution in [0.5, 0.6) is 0 Å². The molecular weight excluding hydrogens is 349 g/mol. The molecule has 1 aliphatic rings. The SMILES string of the molecule is O=C(NCC1CCCCC1Br)c1ccc(Cl)cc1Cl. The van der Waals surface area contributed by atoms with Crippen LogP contribution in [0, 0.1) is 5.92 Å². The lowest BCUT2D eigenvalue weighted by molar-refractivity contribution is 0.0944. The van der Waals surface area contributed by atoms with Crippen LogP contribution in [0.4, 0.5) is 0 Å². The molecule has 2 nitrogen and oxygen atoms in total. The molecule has 1 amide bonds. The molecule has 0 spiro atoms. The van der Waals surface area contributed by atoms with E-state index in [0.29, 0.717) is 32.9 Å². The fraction of sp³-hybridized carbons (Fsp3) is 0.500. The van der Waals surface area contributed by atoms with Crippen LogP contribution in [0.25, 0.3) is 0 Å². The molecule has 1 saturated carbocycles. The fourth-order valence-corrected chi connectivity index (χ4v) is 3.65. The zero-order valence-corrected chi connectivity index (χ0v) is 13.6. The van der Waals surface area contributed by atoms with Gasteiger partial charge in [0.15, 0.2) is 0 Å². The molecule has 5 heteroatoms. The molecule has 1 N–H and O–H groups in total. The summed E-state index contributed by atoms with van der Waals surface area (Å²) >= 11 is 15.5. The third-order valence-electron chi connectivity index (χ3n) is 3.52. The lowest BCUT2D eigenvalue weighted by atomic mass is 9.89. The normalized spacial score (nSPS) is 23.1. The number of benzene rings is 1. The maximum atomic E-state index is 12.1. The Morgan fingerprint density at radius 1 is 1.32 bits per heavy atom. The van der Waals surface area contributed by atoms with E-state index in [9.17, 15) is 4.79 Å². The lowest BCUT2D eigenvalue weighted by Crippen LogP contribution is -2.34. The van der Waals surface area contributed by atoms with Crippen molar-refractivity contribution in [2.75, 3.05) is 6.54 Å². The summed E-state index contributed by atoms with van der Waals surface area (Å²) in [6, 6.07) is 4.93. The molecule has 0 aromatic heterocycles. The van der Waals surface area contributed by atoms with E-state index >= 15 is 0 Å². The molecule has 19 heavy (non-hydrogen) atoms. The van der Waals surface area contributed by atoms with Crippen molar-refractivity contribution >= 4 is 45.0 Å². The van der Waals surface area contributed by atoms with Gasteiger partial charge in [-0.05, 0) is 37.0 Å². The van der Waals surface area contributed by atoms with Crippen molar-refractivity contribution in [3.8, 4) is 0 Å². The molecule has 1 aromatic carbocycles. The second-order valence-electron chi connectivity index (χ2n) is 4.89. The van der Waals surface area contributed by atoms with E-state index in [0.717, 1.165) is 6.42 Å². The highest BCUT2D eigenvalue weighted by atomic mass is 79.9. The maximum absolute atomic E-state index is 12.1. The van der Waals surface area contributed by atoms with Crippen LogP contribution in [-0.4, -0.2) is 17.3 Å². The van der Waals surface area contributed by atoms with Gasteiger partial charge in [0.05, 0.1) is 10.6 Å². The minimum absolute atomic E-state index is 0.132. The Morgan fingerprint density at radius 3 is 2.74 bits per heavy atom. The van der Waals surface area contributed by atoms with Gasteiger partial charge in [-0.2, -0.15) is 0 Å². The topological polar surface area (TPSA) is 29.1 Å². The summed E-state index contributed by atoms with van der Waals surface area (Å²) in [5, 5.41) is 3.89. The number of hydrogen-bond donors (Lipinski definition) is 1. The lowest BCUT2D eigenvalue weighted by Gasteiger charge is -2.27. The summed E-state index contributed by atoms with van der Waals surface area (Å²) in [6.07, 6.45) is 4.85. The monoisotopic (exact) mass is 363 g/mol. The third kappa shape index (κ3) is 4.11. The van der Waals surface area contributed by atoms with Gasteiger partial charge >= 0.3 is 0 Å². The summed E-state index contributed by atoms with van der Waals surface area (Å²) in [7, 11) is 0. The molecular formula is C14H16BrCl2NO. The van der Waals surface area contributed by atoms with E-state index in [-0.39, 0.29) is 5.91 Å². The van der Waals surface area contributed by atoms with Crippen LogP contribution >= 0.6 is 39.1 Å². The number of carbonyl (C=O) groups is 1. The van der Waals surface area contributed by atoms with E-state index in [1.165, 1.54) is 19.3 Å². The summed E-state index contributed by atoms with van der Waals surface area (Å²) in [4.78, 5) is 12.6. The van der Waals surface area contributed by atoms with Crippen molar-refractivity contribution < 1.29 is 4.79 Å². The molecule has 2 rings (SSSR count). The van der Waals surface area contributed by atoms with E-state index in [1.807, 2.05) is 0 Å². The Labute approximate surface area is 132 Å². The number of halogens is 3. The van der Waals surface area contributed by atoms with Crippen LogP contribution < -0.4 is 5.32 Å². The smallest absolute Gasteiger partial charge is 0.252 e. The predicted molar refractivity (Wildman–Crippen MR) is 83.5 cm³/mol. The van der Waals surface area contributed by atoms with Gasteiger partial charge in [0.1, 0.15) is 0 Å². The van der Waals surface area contributed by atoms with Crippen molar-refractivity contribution in [3.63, 3.8) is 0 Å². The first kappa shape index (κ1) is 15.1. The molecule has 2 unspecified atom stereocenters. The highest BCUT2D eigenvalue weighted by Gasteiger charge is 2.23. The van der Waals surface area contributed by atoms with Crippen LogP contribution in [0.2, 0.25) is 10.0 Å². The van der Waals surface area contributed by atoms with Gasteiger partial charge in [-0.25, -0.2) is 0 Å². The Bertz CT molecular complexity index is 467. The van der Waals surface area contributed by atoms with Gasteiger partial charge in [-0.1, -0.05) is 52.0 Å². The Morgan fingerprint density at radius 2 is 2.05 bits per heavy atom. The molecule has 104 valence electrons. The minimum atomic E-state index is -0.132. The second kappa shape index (κ2) is 6.96. The van der Waals surface area contributed by atoms with Crippen molar-refractivity contribution in [2.45, 2.75) is 30.5 Å². The van der Waals surface area contributed by atoms with Gasteiger partial charge in [-0.15, -0.1) is 0 Å². The van der Waals surface area contributed by atoms with Gasteiger partial charge < -0.3 is 5.32 Å². The number of carbonyl (C=O) groups excluding carboxylic acids is 1. The fourth-order valence-electron chi connectivity index (χ4n) is 2.38. The van der Waals surface area contributed by atoms with E-state index in [2.05, 4.69) is 21.2 Å². The molecule has 2 atom stereocenters. The molecule has 0 radical (unpaired) electrons. The summed E-state index contributed by atoms with van der Waals surface area (Å²) in [5.74, 6) is 0.371. The summed E-state index contributed by atoms with van der Waals surface area (Å²) in [5.41, 5.74) is 0.480. The van der Waals surface area contributed by atoms with Gasteiger partial charge in [0.2, 0.25) is 0 Å². The average Bonchev–Trinajstić information content (AvgIpc) is 2.37. The van der Waals surface area contributed by atoms with E-state index in [4.69, 9.17) is 23.2 Å². The zero-order valence-electron chi connectivity index (χ0n) is 10.5. The summed E-state index contributed by atoms with van der Waals surface area (Å²) in [6.45, 7) is 0.688. The van der Waals surface area contributed by atoms with Crippen LogP contribution in [0.15, 0.2) is 18.2 Å². The second-order valence-corrected chi connectivity index (χ2v) is 6.91. The number of alkyl halides is 1. The average molecular weight is 365 g/mol. The molecule has 1 aliphatic carbocycles. The quantitative estimate of drug-likeness (QED) is 0.775. The van der Waals surface area contributed by atoms with Crippen LogP contribution in [0.1, 0.15) is 36.0 Å². The predicted octanol–water partition coefficient (Wildman–Crippen LogP) is 4.68. The first-order valence-corrected chi connectivity index (χ1v) is 8.12. The number of hydrogen-bond acceptors (Lipinski definition) is 1. The zero-order chi connectivity index (χ0) is 13.8. The van der Waals surface area contributed by atoms with Gasteiger partial charge in [-0.3, -0.25) is 4.79 Å². The highest BCUT2D eigenvalue weighted by Crippen LogP contribution is 2.29. The molecule has 0 saturated heterocycles. The number of amides is 1. The van der Waals surface area contributed by atoms with Crippen molar-refractivity contribution in [2.24, 2.45) is 5.92 Å². The standard InChI is InChI=1S/C14H16BrCl2NO/c15-12-4-2-1-3-9(12)8-18-14(19)11-6-5-10(16)7-13(11)17/h5-7,9,12H,1-4,8H2,(H,18,19). The molecule has 1 fully saturated rings. The van der Waals surface area contributed by atoms with Gasteiger partial charge in [0, 0.05) is 16.4 Å². The maximum Gasteiger partial charge on any atom is 0.252 e. The minimum Gasteiger partial charge on any atom is -0.352 e. The van der Waals surface area contributed by atoms with Gasteiger partial charge in [0.25, 0.3) is 5.91 Å². The van der Waals surface area contributed by atoms with Crippen LogP contribution in [-0.2, 0) is 0 Å². The van der Waals surface area contributed by atoms with Crippen LogP contribution in [0.3, 0.4) is 0 Å². The molecule has 1 aromatic rings. The van der Waals surface area contributed by atoms with Crippen molar-refractivity contribution in [1.82, 2.24) is 5.32 Å². The first-order valence-electron chi connectivity index (χ1n) is 6.45. The highest BCUT2D eigenvalue weighted by molar-refractivity contribution is 9.09. The number of nitrogens with one attached hydrogen (secondary N) is 1. The number of rotatable bonds is 3. The molecule has 0 heterocycles. The van der Waals surface area contributed by atoms with Crippen molar-refractivity contribution in [1.29, 1.82) is 0 Å². The van der Waals surface area contributed by atoms with E-state index in [1.54, 1.807) is 18.2 Å². The Hall–Kier alpha value is -0.250. The Kier molecular flexibility index (Phi) is 5.55. The Balaban J connectivity index is 1.93. The summed E-state index contributed by atoms with van der Waals surface area (Å²) < 4.78 is 0.